The number of anilines is 3. The first-order valence-corrected chi connectivity index (χ1v) is 8.85. The number of nitrogen functional groups attached to an aromatic ring is 1. The second-order valence-electron chi connectivity index (χ2n) is 6.46. The van der Waals surface area contributed by atoms with E-state index in [0.29, 0.717) is 32.4 Å². The smallest absolute Gasteiger partial charge is 0.228 e. The zero-order valence-electron chi connectivity index (χ0n) is 14.8. The van der Waals surface area contributed by atoms with Gasteiger partial charge in [-0.15, -0.1) is 0 Å². The SMILES string of the molecule is CC1COCCN1c1cc(-c2cnc(N)nc2)nc(N2CCOCC2)n1. The van der Waals surface area contributed by atoms with Crippen LogP contribution in [0.3, 0.4) is 0 Å². The predicted octanol–water partition coefficient (Wildman–Crippen LogP) is 0.578. The highest BCUT2D eigenvalue weighted by atomic mass is 16.5. The zero-order chi connectivity index (χ0) is 17.9. The first-order valence-electron chi connectivity index (χ1n) is 8.85. The van der Waals surface area contributed by atoms with Crippen molar-refractivity contribution in [2.75, 3.05) is 61.6 Å². The second kappa shape index (κ2) is 7.38. The number of nitrogens with zero attached hydrogens (tertiary/aromatic N) is 6. The summed E-state index contributed by atoms with van der Waals surface area (Å²) in [4.78, 5) is 22.2. The van der Waals surface area contributed by atoms with Crippen molar-refractivity contribution in [1.82, 2.24) is 19.9 Å². The number of nitrogens with two attached hydrogens (primary N) is 1. The molecule has 9 nitrogen and oxygen atoms in total. The monoisotopic (exact) mass is 357 g/mol. The summed E-state index contributed by atoms with van der Waals surface area (Å²) in [5, 5.41) is 0. The van der Waals surface area contributed by atoms with Gasteiger partial charge in [-0.2, -0.15) is 4.98 Å². The molecule has 1 unspecified atom stereocenters. The van der Waals surface area contributed by atoms with E-state index in [9.17, 15) is 0 Å². The van der Waals surface area contributed by atoms with E-state index in [1.165, 1.54) is 0 Å². The van der Waals surface area contributed by atoms with E-state index < -0.39 is 0 Å². The summed E-state index contributed by atoms with van der Waals surface area (Å²) in [6.45, 7) is 7.25. The van der Waals surface area contributed by atoms with Crippen molar-refractivity contribution in [3.05, 3.63) is 18.5 Å². The van der Waals surface area contributed by atoms with Gasteiger partial charge in [-0.25, -0.2) is 15.0 Å². The van der Waals surface area contributed by atoms with Gasteiger partial charge >= 0.3 is 0 Å². The van der Waals surface area contributed by atoms with Crippen molar-refractivity contribution in [2.24, 2.45) is 0 Å². The fourth-order valence-electron chi connectivity index (χ4n) is 3.16. The average molecular weight is 357 g/mol. The molecule has 138 valence electrons. The van der Waals surface area contributed by atoms with Crippen LogP contribution in [0.2, 0.25) is 0 Å². The van der Waals surface area contributed by atoms with Crippen LogP contribution in [0.25, 0.3) is 11.3 Å². The Hall–Kier alpha value is -2.52. The molecular weight excluding hydrogens is 334 g/mol. The van der Waals surface area contributed by atoms with Crippen LogP contribution in [-0.4, -0.2) is 72.0 Å². The second-order valence-corrected chi connectivity index (χ2v) is 6.46. The molecule has 2 aliphatic rings. The summed E-state index contributed by atoms with van der Waals surface area (Å²) in [6, 6.07) is 2.24. The van der Waals surface area contributed by atoms with Gasteiger partial charge < -0.3 is 25.0 Å². The van der Waals surface area contributed by atoms with Gasteiger partial charge in [0.15, 0.2) is 0 Å². The van der Waals surface area contributed by atoms with Crippen LogP contribution in [0.4, 0.5) is 17.7 Å². The van der Waals surface area contributed by atoms with Gasteiger partial charge in [0, 0.05) is 43.7 Å². The molecule has 0 radical (unpaired) electrons. The van der Waals surface area contributed by atoms with Crippen molar-refractivity contribution in [1.29, 1.82) is 0 Å². The molecule has 2 aromatic heterocycles. The summed E-state index contributed by atoms with van der Waals surface area (Å²) in [5.41, 5.74) is 7.22. The van der Waals surface area contributed by atoms with Crippen LogP contribution < -0.4 is 15.5 Å². The Kier molecular flexibility index (Phi) is 4.81. The molecule has 4 heterocycles. The van der Waals surface area contributed by atoms with Crippen molar-refractivity contribution < 1.29 is 9.47 Å². The molecule has 2 saturated heterocycles. The van der Waals surface area contributed by atoms with E-state index in [1.807, 2.05) is 6.07 Å². The molecule has 2 aromatic rings. The molecule has 9 heteroatoms. The van der Waals surface area contributed by atoms with Gasteiger partial charge in [-0.05, 0) is 6.92 Å². The van der Waals surface area contributed by atoms with E-state index in [0.717, 1.165) is 36.7 Å². The maximum Gasteiger partial charge on any atom is 0.228 e. The van der Waals surface area contributed by atoms with E-state index in [2.05, 4.69) is 26.7 Å². The van der Waals surface area contributed by atoms with E-state index in [1.54, 1.807) is 12.4 Å². The molecule has 0 bridgehead atoms. The highest BCUT2D eigenvalue weighted by molar-refractivity contribution is 5.64. The lowest BCUT2D eigenvalue weighted by molar-refractivity contribution is 0.0985. The van der Waals surface area contributed by atoms with Crippen LogP contribution in [0, 0.1) is 0 Å². The maximum absolute atomic E-state index is 5.62. The number of hydrogen-bond acceptors (Lipinski definition) is 9. The quantitative estimate of drug-likeness (QED) is 0.845. The highest BCUT2D eigenvalue weighted by Crippen LogP contribution is 2.26. The number of aromatic nitrogens is 4. The number of morpholine rings is 2. The fraction of sp³-hybridized carbons (Fsp3) is 0.529. The Morgan fingerprint density at radius 3 is 2.50 bits per heavy atom. The zero-order valence-corrected chi connectivity index (χ0v) is 14.8. The minimum atomic E-state index is 0.248. The fourth-order valence-corrected chi connectivity index (χ4v) is 3.16. The Bertz CT molecular complexity index is 749. The molecular formula is C17H23N7O2. The normalized spacial score (nSPS) is 21.0. The molecule has 0 spiro atoms. The molecule has 2 N–H and O–H groups in total. The van der Waals surface area contributed by atoms with E-state index in [4.69, 9.17) is 25.2 Å². The van der Waals surface area contributed by atoms with Crippen molar-refractivity contribution in [3.63, 3.8) is 0 Å². The Balaban J connectivity index is 1.74. The predicted molar refractivity (Wildman–Crippen MR) is 98.1 cm³/mol. The van der Waals surface area contributed by atoms with Gasteiger partial charge in [0.2, 0.25) is 11.9 Å². The third-order valence-corrected chi connectivity index (χ3v) is 4.62. The Labute approximate surface area is 152 Å². The molecule has 26 heavy (non-hydrogen) atoms. The lowest BCUT2D eigenvalue weighted by Crippen LogP contribution is -2.44. The van der Waals surface area contributed by atoms with Gasteiger partial charge in [0.1, 0.15) is 5.82 Å². The van der Waals surface area contributed by atoms with E-state index in [-0.39, 0.29) is 12.0 Å². The summed E-state index contributed by atoms with van der Waals surface area (Å²) >= 11 is 0. The van der Waals surface area contributed by atoms with Crippen molar-refractivity contribution >= 4 is 17.7 Å². The molecule has 4 rings (SSSR count). The lowest BCUT2D eigenvalue weighted by atomic mass is 10.2. The maximum atomic E-state index is 5.62. The standard InChI is InChI=1S/C17H23N7O2/c1-12-11-26-7-4-24(12)15-8-14(13-9-19-16(18)20-10-13)21-17(22-15)23-2-5-25-6-3-23/h8-10,12H,2-7,11H2,1H3,(H2,18,19,20). The van der Waals surface area contributed by atoms with E-state index >= 15 is 0 Å². The summed E-state index contributed by atoms with van der Waals surface area (Å²) < 4.78 is 11.0. The third kappa shape index (κ3) is 3.54. The molecule has 0 saturated carbocycles. The van der Waals surface area contributed by atoms with Crippen LogP contribution >= 0.6 is 0 Å². The van der Waals surface area contributed by atoms with Crippen LogP contribution in [0.15, 0.2) is 18.5 Å². The van der Waals surface area contributed by atoms with Gasteiger partial charge in [-0.1, -0.05) is 0 Å². The molecule has 1 atom stereocenters. The molecule has 0 aliphatic carbocycles. The summed E-state index contributed by atoms with van der Waals surface area (Å²) in [5.74, 6) is 1.85. The van der Waals surface area contributed by atoms with Crippen LogP contribution in [-0.2, 0) is 9.47 Å². The number of hydrogen-bond donors (Lipinski definition) is 1. The molecule has 2 fully saturated rings. The highest BCUT2D eigenvalue weighted by Gasteiger charge is 2.23. The van der Waals surface area contributed by atoms with Crippen LogP contribution in [0.1, 0.15) is 6.92 Å². The minimum absolute atomic E-state index is 0.248. The Morgan fingerprint density at radius 2 is 1.77 bits per heavy atom. The first-order chi connectivity index (χ1) is 12.7. The van der Waals surface area contributed by atoms with Gasteiger partial charge in [0.05, 0.1) is 38.2 Å². The number of rotatable bonds is 3. The molecule has 0 aromatic carbocycles. The number of ether oxygens (including phenoxy) is 2. The minimum Gasteiger partial charge on any atom is -0.378 e. The molecule has 0 amide bonds. The summed E-state index contributed by atoms with van der Waals surface area (Å²) in [7, 11) is 0. The average Bonchev–Trinajstić information content (AvgIpc) is 2.69. The Morgan fingerprint density at radius 1 is 1.04 bits per heavy atom. The first kappa shape index (κ1) is 16.9. The van der Waals surface area contributed by atoms with Crippen LogP contribution in [0.5, 0.6) is 0 Å². The van der Waals surface area contributed by atoms with Gasteiger partial charge in [-0.3, -0.25) is 0 Å². The van der Waals surface area contributed by atoms with Crippen molar-refractivity contribution in [2.45, 2.75) is 13.0 Å². The largest absolute Gasteiger partial charge is 0.378 e. The van der Waals surface area contributed by atoms with Gasteiger partial charge in [0.25, 0.3) is 0 Å². The van der Waals surface area contributed by atoms with Crippen molar-refractivity contribution in [3.8, 4) is 11.3 Å². The molecule has 2 aliphatic heterocycles. The summed E-state index contributed by atoms with van der Waals surface area (Å²) in [6.07, 6.45) is 3.39. The third-order valence-electron chi connectivity index (χ3n) is 4.62. The topological polar surface area (TPSA) is 103 Å². The lowest BCUT2D eigenvalue weighted by Gasteiger charge is -2.35.